The Hall–Kier alpha value is -1.27. The molecular weight excluding hydrogens is 278 g/mol. The largest absolute Gasteiger partial charge is 0.445 e. The molecule has 100 valence electrons. The second kappa shape index (κ2) is 6.06. The van der Waals surface area contributed by atoms with Gasteiger partial charge in [-0.05, 0) is 32.9 Å². The van der Waals surface area contributed by atoms with E-state index >= 15 is 0 Å². The van der Waals surface area contributed by atoms with Crippen molar-refractivity contribution in [2.45, 2.75) is 26.4 Å². The van der Waals surface area contributed by atoms with Crippen LogP contribution in [0.1, 0.15) is 30.4 Å². The van der Waals surface area contributed by atoms with Crippen molar-refractivity contribution in [3.63, 3.8) is 0 Å². The van der Waals surface area contributed by atoms with E-state index in [2.05, 4.69) is 10.1 Å². The zero-order valence-electron chi connectivity index (χ0n) is 10.3. The summed E-state index contributed by atoms with van der Waals surface area (Å²) in [6, 6.07) is 2.94. The first-order valence-corrected chi connectivity index (χ1v) is 6.50. The molecule has 5 nitrogen and oxygen atoms in total. The van der Waals surface area contributed by atoms with E-state index in [0.29, 0.717) is 9.88 Å². The van der Waals surface area contributed by atoms with Gasteiger partial charge in [0.05, 0.1) is 5.00 Å². The molecule has 1 heterocycles. The summed E-state index contributed by atoms with van der Waals surface area (Å²) in [7, 11) is 0. The van der Waals surface area contributed by atoms with Crippen LogP contribution in [0.25, 0.3) is 0 Å². The van der Waals surface area contributed by atoms with Crippen LogP contribution in [0.4, 0.5) is 9.80 Å². The first-order chi connectivity index (χ1) is 8.31. The maximum atomic E-state index is 11.5. The molecule has 0 fully saturated rings. The Balaban J connectivity index is 2.59. The Morgan fingerprint density at radius 1 is 1.39 bits per heavy atom. The smallest absolute Gasteiger partial charge is 0.412 e. The summed E-state index contributed by atoms with van der Waals surface area (Å²) in [5.41, 5.74) is -0.568. The molecule has 0 saturated heterocycles. The minimum atomic E-state index is -0.568. The third-order valence-corrected chi connectivity index (χ3v) is 2.71. The van der Waals surface area contributed by atoms with Crippen LogP contribution in [-0.4, -0.2) is 23.7 Å². The number of carbonyl (C=O) groups excluding carboxylic acids is 2. The van der Waals surface area contributed by atoms with Crippen molar-refractivity contribution in [1.82, 2.24) is 0 Å². The highest BCUT2D eigenvalue weighted by molar-refractivity contribution is 7.18. The quantitative estimate of drug-likeness (QED) is 0.684. The Morgan fingerprint density at radius 2 is 2.06 bits per heavy atom. The molecule has 1 aromatic heterocycles. The van der Waals surface area contributed by atoms with Gasteiger partial charge in [-0.25, -0.2) is 9.59 Å². The number of hydrogen-bond donors (Lipinski definition) is 1. The predicted octanol–water partition coefficient (Wildman–Crippen LogP) is 3.45. The van der Waals surface area contributed by atoms with Gasteiger partial charge >= 0.3 is 12.1 Å². The highest BCUT2D eigenvalue weighted by atomic mass is 35.5. The number of hydrogen-bond acceptors (Lipinski definition) is 5. The van der Waals surface area contributed by atoms with E-state index in [1.165, 1.54) is 0 Å². The number of halogens is 1. The molecule has 1 rings (SSSR count). The zero-order chi connectivity index (χ0) is 13.8. The first kappa shape index (κ1) is 14.8. The van der Waals surface area contributed by atoms with Crippen molar-refractivity contribution in [2.24, 2.45) is 0 Å². The predicted molar refractivity (Wildman–Crippen MR) is 70.3 cm³/mol. The summed E-state index contributed by atoms with van der Waals surface area (Å²) in [4.78, 5) is 23.2. The number of anilines is 1. The lowest BCUT2D eigenvalue weighted by Gasteiger charge is -2.19. The molecule has 1 amide bonds. The van der Waals surface area contributed by atoms with Crippen molar-refractivity contribution in [3.05, 3.63) is 17.0 Å². The number of amides is 1. The summed E-state index contributed by atoms with van der Waals surface area (Å²) in [5.74, 6) is -0.521. The highest BCUT2D eigenvalue weighted by Gasteiger charge is 2.17. The van der Waals surface area contributed by atoms with Crippen LogP contribution >= 0.6 is 22.9 Å². The molecule has 0 aromatic carbocycles. The third kappa shape index (κ3) is 4.93. The second-order valence-corrected chi connectivity index (χ2v) is 5.63. The monoisotopic (exact) mass is 291 g/mol. The number of rotatable bonds is 3. The molecule has 0 spiro atoms. The van der Waals surface area contributed by atoms with Gasteiger partial charge in [0, 0.05) is 0 Å². The SMILES string of the molecule is CC(C)(C)OC(=O)Nc1ccc(C(=O)OCCl)s1. The summed E-state index contributed by atoms with van der Waals surface area (Å²) in [6.45, 7) is 5.30. The van der Waals surface area contributed by atoms with Crippen molar-refractivity contribution in [1.29, 1.82) is 0 Å². The molecule has 0 saturated carbocycles. The van der Waals surface area contributed by atoms with E-state index in [-0.39, 0.29) is 6.07 Å². The van der Waals surface area contributed by atoms with E-state index in [4.69, 9.17) is 16.3 Å². The average molecular weight is 292 g/mol. The Bertz CT molecular complexity index is 438. The van der Waals surface area contributed by atoms with Crippen LogP contribution in [-0.2, 0) is 9.47 Å². The van der Waals surface area contributed by atoms with E-state index in [1.807, 2.05) is 0 Å². The van der Waals surface area contributed by atoms with Crippen molar-refractivity contribution < 1.29 is 19.1 Å². The van der Waals surface area contributed by atoms with E-state index in [9.17, 15) is 9.59 Å². The molecule has 1 N–H and O–H groups in total. The van der Waals surface area contributed by atoms with Gasteiger partial charge in [-0.3, -0.25) is 5.32 Å². The maximum absolute atomic E-state index is 11.5. The number of carbonyl (C=O) groups is 2. The summed E-state index contributed by atoms with van der Waals surface area (Å²) >= 11 is 6.37. The number of ether oxygens (including phenoxy) is 2. The van der Waals surface area contributed by atoms with Crippen LogP contribution in [0.2, 0.25) is 0 Å². The minimum absolute atomic E-state index is 0.203. The maximum Gasteiger partial charge on any atom is 0.412 e. The normalized spacial score (nSPS) is 10.9. The van der Waals surface area contributed by atoms with Crippen LogP contribution in [0.3, 0.4) is 0 Å². The van der Waals surface area contributed by atoms with Gasteiger partial charge in [-0.1, -0.05) is 11.6 Å². The lowest BCUT2D eigenvalue weighted by molar-refractivity contribution is 0.0578. The molecule has 1 aromatic rings. The molecule has 0 unspecified atom stereocenters. The van der Waals surface area contributed by atoms with Gasteiger partial charge in [-0.15, -0.1) is 11.3 Å². The number of thiophene rings is 1. The first-order valence-electron chi connectivity index (χ1n) is 5.15. The van der Waals surface area contributed by atoms with Gasteiger partial charge in [0.2, 0.25) is 0 Å². The van der Waals surface area contributed by atoms with Gasteiger partial charge in [0.15, 0.2) is 6.07 Å². The van der Waals surface area contributed by atoms with Crippen molar-refractivity contribution in [3.8, 4) is 0 Å². The van der Waals surface area contributed by atoms with Gasteiger partial charge < -0.3 is 9.47 Å². The zero-order valence-corrected chi connectivity index (χ0v) is 11.9. The minimum Gasteiger partial charge on any atom is -0.445 e. The lowest BCUT2D eigenvalue weighted by Crippen LogP contribution is -2.26. The van der Waals surface area contributed by atoms with Gasteiger partial charge in [-0.2, -0.15) is 0 Å². The average Bonchev–Trinajstić information content (AvgIpc) is 2.63. The van der Waals surface area contributed by atoms with Gasteiger partial charge in [0.1, 0.15) is 10.5 Å². The lowest BCUT2D eigenvalue weighted by atomic mass is 10.2. The summed E-state index contributed by atoms with van der Waals surface area (Å²) < 4.78 is 9.70. The molecule has 0 radical (unpaired) electrons. The van der Waals surface area contributed by atoms with Crippen LogP contribution in [0.15, 0.2) is 12.1 Å². The Morgan fingerprint density at radius 3 is 2.61 bits per heavy atom. The van der Waals surface area contributed by atoms with Crippen LogP contribution in [0, 0.1) is 0 Å². The van der Waals surface area contributed by atoms with Crippen molar-refractivity contribution in [2.75, 3.05) is 11.4 Å². The number of alkyl halides is 1. The Kier molecular flexibility index (Phi) is 4.98. The summed E-state index contributed by atoms with van der Waals surface area (Å²) in [6.07, 6.45) is -0.568. The number of nitrogens with one attached hydrogen (secondary N) is 1. The van der Waals surface area contributed by atoms with E-state index in [1.54, 1.807) is 32.9 Å². The fourth-order valence-electron chi connectivity index (χ4n) is 1.04. The molecular formula is C11H14ClNO4S. The number of esters is 1. The highest BCUT2D eigenvalue weighted by Crippen LogP contribution is 2.23. The van der Waals surface area contributed by atoms with Crippen LogP contribution < -0.4 is 5.32 Å². The standard InChI is InChI=1S/C11H14ClNO4S/c1-11(2,3)17-10(15)13-8-5-4-7(18-8)9(14)16-6-12/h4-5H,6H2,1-3H3,(H,13,15). The molecule has 7 heteroatoms. The van der Waals surface area contributed by atoms with Gasteiger partial charge in [0.25, 0.3) is 0 Å². The second-order valence-electron chi connectivity index (χ2n) is 4.33. The van der Waals surface area contributed by atoms with Crippen molar-refractivity contribution >= 4 is 40.0 Å². The molecule has 0 bridgehead atoms. The summed E-state index contributed by atoms with van der Waals surface area (Å²) in [5, 5.41) is 3.04. The van der Waals surface area contributed by atoms with E-state index in [0.717, 1.165) is 11.3 Å². The molecule has 0 aliphatic rings. The van der Waals surface area contributed by atoms with E-state index < -0.39 is 17.7 Å². The molecule has 0 atom stereocenters. The molecule has 18 heavy (non-hydrogen) atoms. The Labute approximate surface area is 114 Å². The fraction of sp³-hybridized carbons (Fsp3) is 0.455. The van der Waals surface area contributed by atoms with Crippen LogP contribution in [0.5, 0.6) is 0 Å². The fourth-order valence-corrected chi connectivity index (χ4v) is 1.92. The topological polar surface area (TPSA) is 64.6 Å². The molecule has 0 aliphatic heterocycles. The molecule has 0 aliphatic carbocycles. The third-order valence-electron chi connectivity index (χ3n) is 1.62.